The molecule has 1 N–H and O–H groups in total. The highest BCUT2D eigenvalue weighted by Crippen LogP contribution is 2.24. The van der Waals surface area contributed by atoms with Crippen LogP contribution in [0.25, 0.3) is 5.76 Å². The molecule has 1 atom stereocenters. The average molecular weight is 372 g/mol. The van der Waals surface area contributed by atoms with Gasteiger partial charge in [-0.25, -0.2) is 8.78 Å². The maximum atomic E-state index is 13.4. The molecule has 2 aliphatic heterocycles. The summed E-state index contributed by atoms with van der Waals surface area (Å²) in [4.78, 5) is 24.0. The maximum absolute atomic E-state index is 13.4. The van der Waals surface area contributed by atoms with Crippen LogP contribution in [-0.4, -0.2) is 39.9 Å². The van der Waals surface area contributed by atoms with Gasteiger partial charge in [0.05, 0.1) is 12.2 Å². The second kappa shape index (κ2) is 7.32. The van der Waals surface area contributed by atoms with Gasteiger partial charge in [-0.05, 0) is 43.2 Å². The van der Waals surface area contributed by atoms with Crippen LogP contribution >= 0.6 is 0 Å². The molecule has 1 amide bonds. The number of piperidine rings is 1. The summed E-state index contributed by atoms with van der Waals surface area (Å²) in [6.07, 6.45) is 5.17. The fourth-order valence-electron chi connectivity index (χ4n) is 3.27. The number of nitrogens with zero attached hydrogens (tertiary/aromatic N) is 3. The number of hydrogen-bond acceptors (Lipinski definition) is 5. The molecule has 1 fully saturated rings. The smallest absolute Gasteiger partial charge is 0.254 e. The Labute approximate surface area is 155 Å². The molecule has 8 heteroatoms. The van der Waals surface area contributed by atoms with Gasteiger partial charge in [-0.1, -0.05) is 11.7 Å². The van der Waals surface area contributed by atoms with Crippen molar-refractivity contribution in [3.05, 3.63) is 71.7 Å². The Morgan fingerprint density at radius 1 is 1.22 bits per heavy atom. The van der Waals surface area contributed by atoms with Crippen molar-refractivity contribution in [2.24, 2.45) is 0 Å². The monoisotopic (exact) mass is 372 g/mol. The molecule has 140 valence electrons. The van der Waals surface area contributed by atoms with E-state index < -0.39 is 11.6 Å². The average Bonchev–Trinajstić information content (AvgIpc) is 3.21. The number of carbonyl (C=O) groups is 1. The number of carbonyl (C=O) groups excluding carboxylic acids is 1. The van der Waals surface area contributed by atoms with Crippen LogP contribution in [0.2, 0.25) is 0 Å². The topological polar surface area (TPSA) is 57.7 Å². The molecule has 1 unspecified atom stereocenters. The van der Waals surface area contributed by atoms with Crippen LogP contribution in [-0.2, 0) is 4.84 Å². The highest BCUT2D eigenvalue weighted by atomic mass is 19.2. The van der Waals surface area contributed by atoms with Crippen LogP contribution in [0, 0.1) is 11.6 Å². The van der Waals surface area contributed by atoms with Gasteiger partial charge in [0.15, 0.2) is 17.4 Å². The number of pyridine rings is 1. The lowest BCUT2D eigenvalue weighted by atomic mass is 10.0. The summed E-state index contributed by atoms with van der Waals surface area (Å²) in [5.41, 5.74) is 3.69. The summed E-state index contributed by atoms with van der Waals surface area (Å²) in [5, 5.41) is 1.81. The maximum Gasteiger partial charge on any atom is 0.254 e. The predicted octanol–water partition coefficient (Wildman–Crippen LogP) is 2.71. The van der Waals surface area contributed by atoms with E-state index in [9.17, 15) is 13.6 Å². The number of benzene rings is 1. The number of aromatic nitrogens is 1. The number of hydrogen-bond donors (Lipinski definition) is 1. The number of rotatable bonds is 3. The molecule has 0 aliphatic carbocycles. The summed E-state index contributed by atoms with van der Waals surface area (Å²) in [6.45, 7) is 1.01. The Morgan fingerprint density at radius 3 is 2.89 bits per heavy atom. The van der Waals surface area contributed by atoms with E-state index in [-0.39, 0.29) is 17.5 Å². The lowest BCUT2D eigenvalue weighted by Crippen LogP contribution is -2.50. The first-order valence-electron chi connectivity index (χ1n) is 8.70. The Hall–Kier alpha value is -3.00. The second-order valence-electron chi connectivity index (χ2n) is 6.49. The zero-order valence-electron chi connectivity index (χ0n) is 14.4. The quantitative estimate of drug-likeness (QED) is 0.898. The van der Waals surface area contributed by atoms with Crippen LogP contribution in [0.15, 0.2) is 48.8 Å². The van der Waals surface area contributed by atoms with Crippen LogP contribution < -0.4 is 5.59 Å². The van der Waals surface area contributed by atoms with Crippen LogP contribution in [0.4, 0.5) is 8.78 Å². The van der Waals surface area contributed by atoms with Gasteiger partial charge in [0.25, 0.3) is 5.91 Å². The second-order valence-corrected chi connectivity index (χ2v) is 6.49. The summed E-state index contributed by atoms with van der Waals surface area (Å²) in [6, 6.07) is 8.76. The van der Waals surface area contributed by atoms with Crippen molar-refractivity contribution in [1.82, 2.24) is 20.5 Å². The van der Waals surface area contributed by atoms with Crippen molar-refractivity contribution < 1.29 is 18.4 Å². The summed E-state index contributed by atoms with van der Waals surface area (Å²) < 4.78 is 26.5. The Morgan fingerprint density at radius 2 is 2.11 bits per heavy atom. The van der Waals surface area contributed by atoms with Gasteiger partial charge >= 0.3 is 0 Å². The van der Waals surface area contributed by atoms with Gasteiger partial charge in [0.2, 0.25) is 0 Å². The van der Waals surface area contributed by atoms with Crippen molar-refractivity contribution in [2.45, 2.75) is 18.9 Å². The van der Waals surface area contributed by atoms with Crippen molar-refractivity contribution in [3.63, 3.8) is 0 Å². The third-order valence-corrected chi connectivity index (χ3v) is 4.68. The Kier molecular flexibility index (Phi) is 4.72. The molecule has 6 nitrogen and oxygen atoms in total. The van der Waals surface area contributed by atoms with Crippen molar-refractivity contribution >= 4 is 11.7 Å². The molecular weight excluding hydrogens is 354 g/mol. The van der Waals surface area contributed by atoms with Crippen LogP contribution in [0.5, 0.6) is 0 Å². The number of halogens is 2. The molecule has 4 rings (SSSR count). The van der Waals surface area contributed by atoms with E-state index >= 15 is 0 Å². The van der Waals surface area contributed by atoms with Crippen LogP contribution in [0.3, 0.4) is 0 Å². The molecule has 3 heterocycles. The molecule has 0 spiro atoms. The van der Waals surface area contributed by atoms with Gasteiger partial charge in [-0.2, -0.15) is 0 Å². The largest absolute Gasteiger partial charge is 0.385 e. The molecule has 0 radical (unpaired) electrons. The Balaban J connectivity index is 1.46. The molecule has 1 saturated heterocycles. The lowest BCUT2D eigenvalue weighted by molar-refractivity contribution is -0.00255. The van der Waals surface area contributed by atoms with Crippen molar-refractivity contribution in [2.75, 3.05) is 13.1 Å². The van der Waals surface area contributed by atoms with Gasteiger partial charge in [0, 0.05) is 24.8 Å². The fourth-order valence-corrected chi connectivity index (χ4v) is 3.27. The van der Waals surface area contributed by atoms with Crippen molar-refractivity contribution in [3.8, 4) is 0 Å². The van der Waals surface area contributed by atoms with E-state index in [2.05, 4.69) is 10.6 Å². The molecule has 1 aromatic heterocycles. The first-order chi connectivity index (χ1) is 13.1. The summed E-state index contributed by atoms with van der Waals surface area (Å²) >= 11 is 0. The first kappa shape index (κ1) is 17.4. The fraction of sp³-hybridized carbons (Fsp3) is 0.263. The van der Waals surface area contributed by atoms with Gasteiger partial charge in [0.1, 0.15) is 5.69 Å². The minimum atomic E-state index is -1.02. The summed E-state index contributed by atoms with van der Waals surface area (Å²) in [7, 11) is 0. The van der Waals surface area contributed by atoms with E-state index in [0.29, 0.717) is 24.5 Å². The van der Waals surface area contributed by atoms with Gasteiger partial charge in [-0.3, -0.25) is 14.8 Å². The molecular formula is C19H18F2N4O2. The zero-order chi connectivity index (χ0) is 18.8. The number of nitrogens with one attached hydrogen (secondary N) is 1. The van der Waals surface area contributed by atoms with E-state index in [0.717, 1.165) is 25.0 Å². The highest BCUT2D eigenvalue weighted by Gasteiger charge is 2.30. The minimum absolute atomic E-state index is 0.00536. The Bertz CT molecular complexity index is 875. The minimum Gasteiger partial charge on any atom is -0.385 e. The molecule has 0 saturated carbocycles. The third-order valence-electron chi connectivity index (χ3n) is 4.68. The van der Waals surface area contributed by atoms with E-state index in [4.69, 9.17) is 4.84 Å². The number of likely N-dealkylation sites (tertiary alicyclic amines) is 1. The predicted molar refractivity (Wildman–Crippen MR) is 93.6 cm³/mol. The number of hydrazine groups is 1. The van der Waals surface area contributed by atoms with E-state index in [1.165, 1.54) is 6.07 Å². The normalized spacial score (nSPS) is 19.6. The molecule has 1 aromatic carbocycles. The SMILES string of the molecule is O=C(c1ccc(F)c(F)c1)N1CCCC(N2C=C(c3ccccn3)ON2)C1. The van der Waals surface area contributed by atoms with E-state index in [1.807, 2.05) is 29.4 Å². The third kappa shape index (κ3) is 3.61. The highest BCUT2D eigenvalue weighted by molar-refractivity contribution is 5.94. The molecule has 27 heavy (non-hydrogen) atoms. The van der Waals surface area contributed by atoms with Crippen LogP contribution in [0.1, 0.15) is 28.9 Å². The van der Waals surface area contributed by atoms with Gasteiger partial charge < -0.3 is 9.74 Å². The van der Waals surface area contributed by atoms with Crippen molar-refractivity contribution in [1.29, 1.82) is 0 Å². The van der Waals surface area contributed by atoms with Gasteiger partial charge in [-0.15, -0.1) is 0 Å². The zero-order valence-corrected chi connectivity index (χ0v) is 14.4. The van der Waals surface area contributed by atoms with E-state index in [1.54, 1.807) is 11.1 Å². The number of amides is 1. The standard InChI is InChI=1S/C19H18F2N4O2/c20-15-7-6-13(10-16(15)21)19(26)24-9-3-4-14(11-24)25-12-18(27-23-25)17-5-1-2-8-22-17/h1-2,5-8,10,12,14,23H,3-4,9,11H2. The lowest BCUT2D eigenvalue weighted by Gasteiger charge is -2.36. The summed E-state index contributed by atoms with van der Waals surface area (Å²) in [5.74, 6) is -1.70. The molecule has 2 aliphatic rings. The molecule has 2 aromatic rings. The molecule has 0 bridgehead atoms. The first-order valence-corrected chi connectivity index (χ1v) is 8.70.